The zero-order chi connectivity index (χ0) is 25.4. The van der Waals surface area contributed by atoms with Crippen LogP contribution in [-0.4, -0.2) is 47.6 Å². The second-order valence-corrected chi connectivity index (χ2v) is 8.03. The van der Waals surface area contributed by atoms with Crippen molar-refractivity contribution < 1.29 is 23.8 Å². The van der Waals surface area contributed by atoms with Gasteiger partial charge in [0.1, 0.15) is 6.04 Å². The number of imidazole rings is 1. The molecule has 2 atom stereocenters. The van der Waals surface area contributed by atoms with Crippen LogP contribution in [-0.2, 0) is 4.79 Å². The molecule has 2 aromatic carbocycles. The average molecular weight is 483 g/mol. The van der Waals surface area contributed by atoms with E-state index in [0.717, 1.165) is 11.0 Å². The molecule has 0 spiro atoms. The number of aromatic nitrogens is 2. The number of carbonyl (C=O) groups excluding carboxylic acids is 2. The minimum atomic E-state index is -0.779. The van der Waals surface area contributed by atoms with Crippen molar-refractivity contribution in [2.75, 3.05) is 25.1 Å². The van der Waals surface area contributed by atoms with Gasteiger partial charge in [0.2, 0.25) is 17.6 Å². The summed E-state index contributed by atoms with van der Waals surface area (Å²) in [6.45, 7) is 10.7. The number of rotatable bonds is 12. The highest BCUT2D eigenvalue weighted by atomic mass is 16.5. The fraction of sp³-hybridized carbons (Fsp3) is 0.423. The standard InChI is InChI=1S/C26H34N4O5/c1-6-16(5)22(25(32)30-26-27-18-12-10-11-13-19(18)28-26)29-24(31)17-14-20(33-7-2)23(35-9-4)21(15-17)34-8-3/h10-16,22H,6-9H2,1-5H3,(H,29,31)(H2,27,28,30,32)/t16-,22+/m1/s1. The predicted octanol–water partition coefficient (Wildman–Crippen LogP) is 4.54. The van der Waals surface area contributed by atoms with Crippen LogP contribution in [0.2, 0.25) is 0 Å². The highest BCUT2D eigenvalue weighted by molar-refractivity contribution is 6.01. The molecule has 0 aliphatic heterocycles. The number of nitrogens with zero attached hydrogens (tertiary/aromatic N) is 1. The molecule has 3 rings (SSSR count). The van der Waals surface area contributed by atoms with Crippen molar-refractivity contribution in [2.24, 2.45) is 5.92 Å². The maximum Gasteiger partial charge on any atom is 0.252 e. The number of amides is 2. The zero-order valence-corrected chi connectivity index (χ0v) is 20.9. The topological polar surface area (TPSA) is 115 Å². The van der Waals surface area contributed by atoms with E-state index in [1.54, 1.807) is 12.1 Å². The Kier molecular flexibility index (Phi) is 8.94. The molecule has 1 heterocycles. The van der Waals surface area contributed by atoms with Crippen LogP contribution in [0.15, 0.2) is 36.4 Å². The fourth-order valence-corrected chi connectivity index (χ4v) is 3.65. The quantitative estimate of drug-likeness (QED) is 0.349. The van der Waals surface area contributed by atoms with Crippen LogP contribution < -0.4 is 24.8 Å². The van der Waals surface area contributed by atoms with Gasteiger partial charge in [-0.05, 0) is 51.0 Å². The van der Waals surface area contributed by atoms with E-state index in [4.69, 9.17) is 14.2 Å². The van der Waals surface area contributed by atoms with Crippen molar-refractivity contribution in [1.82, 2.24) is 15.3 Å². The van der Waals surface area contributed by atoms with Crippen molar-refractivity contribution in [3.05, 3.63) is 42.0 Å². The van der Waals surface area contributed by atoms with Crippen molar-refractivity contribution in [3.63, 3.8) is 0 Å². The number of anilines is 1. The van der Waals surface area contributed by atoms with Gasteiger partial charge in [-0.15, -0.1) is 0 Å². The van der Waals surface area contributed by atoms with E-state index in [2.05, 4.69) is 20.6 Å². The number of carbonyl (C=O) groups is 2. The first kappa shape index (κ1) is 25.9. The Morgan fingerprint density at radius 2 is 1.60 bits per heavy atom. The monoisotopic (exact) mass is 482 g/mol. The molecule has 0 saturated heterocycles. The number of para-hydroxylation sites is 2. The van der Waals surface area contributed by atoms with Crippen LogP contribution in [0.1, 0.15) is 51.4 Å². The molecule has 0 saturated carbocycles. The van der Waals surface area contributed by atoms with Gasteiger partial charge in [0.25, 0.3) is 5.91 Å². The van der Waals surface area contributed by atoms with Gasteiger partial charge in [-0.3, -0.25) is 14.9 Å². The number of H-pyrrole nitrogens is 1. The third kappa shape index (κ3) is 6.23. The smallest absolute Gasteiger partial charge is 0.252 e. The normalized spacial score (nSPS) is 12.6. The van der Waals surface area contributed by atoms with Gasteiger partial charge in [0.05, 0.1) is 30.9 Å². The highest BCUT2D eigenvalue weighted by Crippen LogP contribution is 2.39. The Balaban J connectivity index is 1.86. The lowest BCUT2D eigenvalue weighted by molar-refractivity contribution is -0.119. The van der Waals surface area contributed by atoms with Crippen LogP contribution in [0, 0.1) is 5.92 Å². The van der Waals surface area contributed by atoms with E-state index >= 15 is 0 Å². The van der Waals surface area contributed by atoms with Crippen LogP contribution in [0.4, 0.5) is 5.95 Å². The number of hydrogen-bond acceptors (Lipinski definition) is 6. The molecular weight excluding hydrogens is 448 g/mol. The van der Waals surface area contributed by atoms with Crippen molar-refractivity contribution in [2.45, 2.75) is 47.1 Å². The van der Waals surface area contributed by atoms with E-state index in [1.807, 2.05) is 58.9 Å². The molecule has 0 fully saturated rings. The molecule has 0 bridgehead atoms. The summed E-state index contributed by atoms with van der Waals surface area (Å²) >= 11 is 0. The summed E-state index contributed by atoms with van der Waals surface area (Å²) in [5.41, 5.74) is 1.87. The molecule has 1 aromatic heterocycles. The summed E-state index contributed by atoms with van der Waals surface area (Å²) < 4.78 is 17.2. The predicted molar refractivity (Wildman–Crippen MR) is 135 cm³/mol. The van der Waals surface area contributed by atoms with E-state index in [0.29, 0.717) is 55.0 Å². The summed E-state index contributed by atoms with van der Waals surface area (Å²) in [7, 11) is 0. The third-order valence-corrected chi connectivity index (χ3v) is 5.58. The summed E-state index contributed by atoms with van der Waals surface area (Å²) in [5.74, 6) is 0.719. The molecule has 0 aliphatic rings. The number of aromatic amines is 1. The first-order valence-corrected chi connectivity index (χ1v) is 12.0. The molecule has 9 heteroatoms. The largest absolute Gasteiger partial charge is 0.490 e. The molecule has 35 heavy (non-hydrogen) atoms. The second kappa shape index (κ2) is 12.1. The average Bonchev–Trinajstić information content (AvgIpc) is 3.26. The zero-order valence-electron chi connectivity index (χ0n) is 20.9. The van der Waals surface area contributed by atoms with Crippen LogP contribution in [0.5, 0.6) is 17.2 Å². The number of ether oxygens (including phenoxy) is 3. The summed E-state index contributed by atoms with van der Waals surface area (Å²) in [4.78, 5) is 34.0. The Hall–Kier alpha value is -3.75. The van der Waals surface area contributed by atoms with Gasteiger partial charge in [0.15, 0.2) is 11.5 Å². The second-order valence-electron chi connectivity index (χ2n) is 8.03. The molecule has 188 valence electrons. The number of fused-ring (bicyclic) bond motifs is 1. The molecule has 0 unspecified atom stereocenters. The SMILES string of the molecule is CCOc1cc(C(=O)N[C@H](C(=O)Nc2nc3ccccc3[nH]2)[C@H](C)CC)cc(OCC)c1OCC. The van der Waals surface area contributed by atoms with E-state index in [9.17, 15) is 9.59 Å². The van der Waals surface area contributed by atoms with Crippen molar-refractivity contribution >= 4 is 28.8 Å². The number of benzene rings is 2. The minimum absolute atomic E-state index is 0.122. The Morgan fingerprint density at radius 3 is 2.17 bits per heavy atom. The van der Waals surface area contributed by atoms with Gasteiger partial charge in [-0.2, -0.15) is 0 Å². The summed E-state index contributed by atoms with van der Waals surface area (Å²) in [5, 5.41) is 5.69. The van der Waals surface area contributed by atoms with Crippen LogP contribution in [0.3, 0.4) is 0 Å². The van der Waals surface area contributed by atoms with Crippen LogP contribution in [0.25, 0.3) is 11.0 Å². The molecule has 0 radical (unpaired) electrons. The molecule has 3 N–H and O–H groups in total. The number of hydrogen-bond donors (Lipinski definition) is 3. The van der Waals surface area contributed by atoms with E-state index in [1.165, 1.54) is 0 Å². The molecule has 3 aromatic rings. The van der Waals surface area contributed by atoms with Gasteiger partial charge in [0, 0.05) is 5.56 Å². The maximum atomic E-state index is 13.3. The van der Waals surface area contributed by atoms with Crippen molar-refractivity contribution in [3.8, 4) is 17.2 Å². The van der Waals surface area contributed by atoms with Crippen LogP contribution >= 0.6 is 0 Å². The number of nitrogens with one attached hydrogen (secondary N) is 3. The van der Waals surface area contributed by atoms with E-state index in [-0.39, 0.29) is 11.8 Å². The first-order valence-electron chi connectivity index (χ1n) is 12.0. The first-order chi connectivity index (χ1) is 16.9. The lowest BCUT2D eigenvalue weighted by Crippen LogP contribution is -2.47. The third-order valence-electron chi connectivity index (χ3n) is 5.58. The molecule has 2 amide bonds. The summed E-state index contributed by atoms with van der Waals surface area (Å²) in [6.07, 6.45) is 0.691. The Labute approximate surface area is 205 Å². The molecule has 0 aliphatic carbocycles. The maximum absolute atomic E-state index is 13.3. The minimum Gasteiger partial charge on any atom is -0.490 e. The summed E-state index contributed by atoms with van der Waals surface area (Å²) in [6, 6.07) is 9.93. The lowest BCUT2D eigenvalue weighted by Gasteiger charge is -2.23. The highest BCUT2D eigenvalue weighted by Gasteiger charge is 2.28. The van der Waals surface area contributed by atoms with Crippen molar-refractivity contribution in [1.29, 1.82) is 0 Å². The Morgan fingerprint density at radius 1 is 0.971 bits per heavy atom. The van der Waals surface area contributed by atoms with Gasteiger partial charge in [-0.1, -0.05) is 32.4 Å². The lowest BCUT2D eigenvalue weighted by atomic mass is 9.98. The molecule has 9 nitrogen and oxygen atoms in total. The van der Waals surface area contributed by atoms with E-state index < -0.39 is 11.9 Å². The van der Waals surface area contributed by atoms with Gasteiger partial charge in [-0.25, -0.2) is 4.98 Å². The Bertz CT molecular complexity index is 1100. The molecular formula is C26H34N4O5. The van der Waals surface area contributed by atoms with Gasteiger partial charge >= 0.3 is 0 Å². The van der Waals surface area contributed by atoms with Gasteiger partial charge < -0.3 is 24.5 Å². The fourth-order valence-electron chi connectivity index (χ4n) is 3.65.